The summed E-state index contributed by atoms with van der Waals surface area (Å²) in [5.41, 5.74) is 2.10. The van der Waals surface area contributed by atoms with Crippen molar-refractivity contribution >= 4 is 29.7 Å². The molecule has 0 amide bonds. The monoisotopic (exact) mass is 671 g/mol. The zero-order chi connectivity index (χ0) is 34.4. The second-order valence-electron chi connectivity index (χ2n) is 13.5. The predicted molar refractivity (Wildman–Crippen MR) is 177 cm³/mol. The van der Waals surface area contributed by atoms with Crippen LogP contribution in [-0.2, 0) is 25.7 Å². The summed E-state index contributed by atoms with van der Waals surface area (Å²) in [7, 11) is 0. The van der Waals surface area contributed by atoms with E-state index in [1.165, 1.54) is 0 Å². The van der Waals surface area contributed by atoms with Gasteiger partial charge in [-0.25, -0.2) is 4.79 Å². The molecule has 11 nitrogen and oxygen atoms in total. The second kappa shape index (κ2) is 13.2. The number of nitrogens with zero attached hydrogens (tertiary/aromatic N) is 1. The van der Waals surface area contributed by atoms with Crippen LogP contribution in [0.15, 0.2) is 40.1 Å². The van der Waals surface area contributed by atoms with Crippen molar-refractivity contribution in [2.45, 2.75) is 88.9 Å². The number of hydrogen-bond acceptors (Lipinski definition) is 11. The summed E-state index contributed by atoms with van der Waals surface area (Å²) in [5.74, 6) is -1.15. The Kier molecular flexibility index (Phi) is 8.93. The maximum Gasteiger partial charge on any atom is 0.375 e. The normalized spacial score (nSPS) is 26.7. The number of carbonyl (C=O) groups excluding carboxylic acids is 3. The quantitative estimate of drug-likeness (QED) is 0.206. The maximum atomic E-state index is 13.5. The molecule has 0 unspecified atom stereocenters. The summed E-state index contributed by atoms with van der Waals surface area (Å²) in [6.07, 6.45) is 5.01. The minimum absolute atomic E-state index is 0.0305. The van der Waals surface area contributed by atoms with E-state index in [0.29, 0.717) is 66.7 Å². The standard InChI is InChI=1S/C38H41NO10/c1-3-46-37(44)34-25(18-41)29(22-8-10-28(43)24(17-22)20-7-9-27-21(16-20)11-13-39-27)31-33(48-34)26(19-42)32-30(35(31)47-15-5-14-40)23-6-4-12-38(2,45)36(23)49-32/h7,9,11,16,18,23-24,36,40,42,45H,3-6,8,10,12-15,17,19H2,1-2H3/b29-22+/t23-,24+,36-,38+/m0/s1. The molecule has 258 valence electrons. The lowest BCUT2D eigenvalue weighted by atomic mass is 9.72. The van der Waals surface area contributed by atoms with Gasteiger partial charge in [-0.3, -0.25) is 14.6 Å². The number of esters is 1. The Hall–Kier alpha value is -4.32. The number of hydrogen-bond donors (Lipinski definition) is 3. The highest BCUT2D eigenvalue weighted by Gasteiger charge is 2.52. The first-order chi connectivity index (χ1) is 23.7. The Bertz CT molecular complexity index is 1920. The van der Waals surface area contributed by atoms with Gasteiger partial charge in [-0.15, -0.1) is 0 Å². The van der Waals surface area contributed by atoms with E-state index in [1.807, 2.05) is 24.3 Å². The summed E-state index contributed by atoms with van der Waals surface area (Å²) in [5, 5.41) is 33.9. The zero-order valence-electron chi connectivity index (χ0n) is 27.8. The second-order valence-corrected chi connectivity index (χ2v) is 13.5. The fourth-order valence-electron chi connectivity index (χ4n) is 8.15. The van der Waals surface area contributed by atoms with Crippen molar-refractivity contribution in [1.29, 1.82) is 0 Å². The Morgan fingerprint density at radius 1 is 1.20 bits per heavy atom. The van der Waals surface area contributed by atoms with Gasteiger partial charge in [0.1, 0.15) is 29.1 Å². The topological polar surface area (TPSA) is 161 Å². The number of aliphatic hydroxyl groups excluding tert-OH is 2. The molecule has 2 fully saturated rings. The lowest BCUT2D eigenvalue weighted by molar-refractivity contribution is -0.141. The number of rotatable bonds is 9. The number of aliphatic hydroxyl groups is 3. The van der Waals surface area contributed by atoms with Crippen LogP contribution in [0, 0.1) is 0 Å². The highest BCUT2D eigenvalue weighted by molar-refractivity contribution is 6.11. The molecule has 5 aliphatic rings. The van der Waals surface area contributed by atoms with Crippen molar-refractivity contribution in [2.75, 3.05) is 26.4 Å². The smallest absolute Gasteiger partial charge is 0.375 e. The molecule has 7 rings (SSSR count). The van der Waals surface area contributed by atoms with Crippen molar-refractivity contribution in [3.8, 4) is 17.2 Å². The van der Waals surface area contributed by atoms with Crippen LogP contribution in [0.1, 0.15) is 92.9 Å². The molecule has 0 spiro atoms. The SMILES string of the molecule is CCOC(=O)C1=C(C=O)/C(=C2/CCC(=O)[C@@H](c3ccc4c(c3)=CCN=4)C2)c2c(c(CO)c3c(c2OCCCO)[C@@H]2CCC[C@@](C)(O)[C@H]2O3)O1. The number of carbonyl (C=O) groups is 3. The van der Waals surface area contributed by atoms with Crippen molar-refractivity contribution in [1.82, 2.24) is 0 Å². The molecule has 11 heteroatoms. The van der Waals surface area contributed by atoms with E-state index in [0.717, 1.165) is 28.1 Å². The third kappa shape index (κ3) is 5.57. The minimum atomic E-state index is -1.17. The number of aldehydes is 1. The molecule has 2 aliphatic carbocycles. The summed E-state index contributed by atoms with van der Waals surface area (Å²) in [6.45, 7) is 3.47. The van der Waals surface area contributed by atoms with E-state index in [1.54, 1.807) is 13.8 Å². The van der Waals surface area contributed by atoms with E-state index in [2.05, 4.69) is 4.99 Å². The Morgan fingerprint density at radius 2 is 2.04 bits per heavy atom. The number of Topliss-reactive ketones (excluding diaryl/α,β-unsaturated/α-hetero) is 1. The largest absolute Gasteiger partial charge is 0.492 e. The van der Waals surface area contributed by atoms with Crippen molar-refractivity contribution < 1.29 is 48.7 Å². The third-order valence-corrected chi connectivity index (χ3v) is 10.4. The first-order valence-corrected chi connectivity index (χ1v) is 17.1. The lowest BCUT2D eigenvalue weighted by Crippen LogP contribution is -2.47. The number of fused-ring (bicyclic) bond motifs is 5. The van der Waals surface area contributed by atoms with Gasteiger partial charge in [0.25, 0.3) is 0 Å². The molecule has 3 aliphatic heterocycles. The average Bonchev–Trinajstić information content (AvgIpc) is 3.73. The molecule has 4 atom stereocenters. The van der Waals surface area contributed by atoms with Crippen LogP contribution in [0.3, 0.4) is 0 Å². The molecular weight excluding hydrogens is 630 g/mol. The summed E-state index contributed by atoms with van der Waals surface area (Å²) >= 11 is 0. The molecule has 0 aromatic heterocycles. The van der Waals surface area contributed by atoms with Crippen LogP contribution in [0.2, 0.25) is 0 Å². The molecule has 0 bridgehead atoms. The van der Waals surface area contributed by atoms with Gasteiger partial charge in [0.15, 0.2) is 6.29 Å². The van der Waals surface area contributed by atoms with Gasteiger partial charge in [-0.05, 0) is 68.9 Å². The molecule has 3 heterocycles. The number of benzene rings is 2. The van der Waals surface area contributed by atoms with Crippen LogP contribution in [0.25, 0.3) is 11.6 Å². The van der Waals surface area contributed by atoms with Gasteiger partial charge < -0.3 is 34.3 Å². The molecule has 0 saturated heterocycles. The van der Waals surface area contributed by atoms with Crippen molar-refractivity contribution in [3.63, 3.8) is 0 Å². The van der Waals surface area contributed by atoms with Crippen LogP contribution in [0.4, 0.5) is 0 Å². The fraction of sp³-hybridized carbons (Fsp3) is 0.474. The first-order valence-electron chi connectivity index (χ1n) is 17.1. The van der Waals surface area contributed by atoms with Crippen LogP contribution in [0.5, 0.6) is 17.2 Å². The molecule has 2 aromatic carbocycles. The Morgan fingerprint density at radius 3 is 2.80 bits per heavy atom. The molecule has 2 aromatic rings. The van der Waals surface area contributed by atoms with Crippen LogP contribution >= 0.6 is 0 Å². The van der Waals surface area contributed by atoms with E-state index >= 15 is 0 Å². The maximum absolute atomic E-state index is 13.5. The van der Waals surface area contributed by atoms with Crippen LogP contribution in [-0.4, -0.2) is 71.4 Å². The molecular formula is C38H41NO10. The highest BCUT2D eigenvalue weighted by atomic mass is 16.6. The predicted octanol–water partition coefficient (Wildman–Crippen LogP) is 2.83. The van der Waals surface area contributed by atoms with Gasteiger partial charge in [-0.2, -0.15) is 0 Å². The summed E-state index contributed by atoms with van der Waals surface area (Å²) in [4.78, 5) is 44.6. The fourth-order valence-corrected chi connectivity index (χ4v) is 8.15. The molecule has 3 N–H and O–H groups in total. The Balaban J connectivity index is 1.49. The van der Waals surface area contributed by atoms with E-state index in [-0.39, 0.29) is 67.0 Å². The van der Waals surface area contributed by atoms with E-state index in [9.17, 15) is 29.7 Å². The zero-order valence-corrected chi connectivity index (χ0v) is 27.8. The third-order valence-electron chi connectivity index (χ3n) is 10.4. The minimum Gasteiger partial charge on any atom is -0.492 e. The van der Waals surface area contributed by atoms with Crippen molar-refractivity contribution in [3.05, 3.63) is 67.9 Å². The highest BCUT2D eigenvalue weighted by Crippen LogP contribution is 2.61. The number of allylic oxidation sites excluding steroid dienone is 3. The van der Waals surface area contributed by atoms with Gasteiger partial charge in [0.05, 0.1) is 54.0 Å². The summed E-state index contributed by atoms with van der Waals surface area (Å²) < 4.78 is 24.6. The molecule has 49 heavy (non-hydrogen) atoms. The van der Waals surface area contributed by atoms with Gasteiger partial charge in [0, 0.05) is 42.4 Å². The molecule has 0 radical (unpaired) electrons. The first kappa shape index (κ1) is 33.2. The van der Waals surface area contributed by atoms with Gasteiger partial charge >= 0.3 is 5.97 Å². The lowest BCUT2D eigenvalue weighted by Gasteiger charge is -2.38. The van der Waals surface area contributed by atoms with E-state index < -0.39 is 30.2 Å². The number of ether oxygens (including phenoxy) is 4. The Labute approximate surface area is 283 Å². The average molecular weight is 672 g/mol. The summed E-state index contributed by atoms with van der Waals surface area (Å²) in [6, 6.07) is 5.83. The van der Waals surface area contributed by atoms with Gasteiger partial charge in [-0.1, -0.05) is 17.7 Å². The van der Waals surface area contributed by atoms with E-state index in [4.69, 9.17) is 18.9 Å². The van der Waals surface area contributed by atoms with Crippen molar-refractivity contribution in [2.24, 2.45) is 4.99 Å². The molecule has 2 saturated carbocycles. The number of ketones is 1. The van der Waals surface area contributed by atoms with Crippen LogP contribution < -0.4 is 24.8 Å². The van der Waals surface area contributed by atoms with Gasteiger partial charge in [0.2, 0.25) is 5.76 Å².